The second-order valence-corrected chi connectivity index (χ2v) is 5.02. The second kappa shape index (κ2) is 9.74. The Hall–Kier alpha value is -1.15. The molecule has 0 atom stereocenters. The van der Waals surface area contributed by atoms with Crippen molar-refractivity contribution < 1.29 is 9.53 Å². The maximum atomic E-state index is 11.0. The molecule has 1 N–H and O–H groups in total. The average Bonchev–Trinajstić information content (AvgIpc) is 2.87. The summed E-state index contributed by atoms with van der Waals surface area (Å²) in [6.07, 6.45) is 2.31. The highest BCUT2D eigenvalue weighted by Crippen LogP contribution is 2.15. The van der Waals surface area contributed by atoms with Gasteiger partial charge in [-0.25, -0.2) is 4.68 Å². The van der Waals surface area contributed by atoms with Crippen molar-refractivity contribution in [3.05, 3.63) is 0 Å². The highest BCUT2D eigenvalue weighted by atomic mass is 32.2. The number of nitrogens with one attached hydrogen (secondary N) is 1. The van der Waals surface area contributed by atoms with Gasteiger partial charge in [-0.05, 0) is 29.8 Å². The lowest BCUT2D eigenvalue weighted by molar-refractivity contribution is -0.140. The van der Waals surface area contributed by atoms with E-state index in [-0.39, 0.29) is 5.97 Å². The highest BCUT2D eigenvalue weighted by molar-refractivity contribution is 7.99. The van der Waals surface area contributed by atoms with Gasteiger partial charge in [-0.1, -0.05) is 18.7 Å². The van der Waals surface area contributed by atoms with Crippen LogP contribution in [-0.2, 0) is 16.1 Å². The smallest absolute Gasteiger partial charge is 0.305 e. The van der Waals surface area contributed by atoms with Crippen molar-refractivity contribution in [3.8, 4) is 0 Å². The van der Waals surface area contributed by atoms with Crippen molar-refractivity contribution in [1.29, 1.82) is 0 Å². The summed E-state index contributed by atoms with van der Waals surface area (Å²) in [6, 6.07) is 0. The fraction of sp³-hybridized carbons (Fsp3) is 0.818. The Bertz CT molecular complexity index is 372. The molecule has 0 bridgehead atoms. The van der Waals surface area contributed by atoms with Crippen LogP contribution < -0.4 is 5.32 Å². The lowest BCUT2D eigenvalue weighted by Crippen LogP contribution is -2.21. The van der Waals surface area contributed by atoms with E-state index in [4.69, 9.17) is 0 Å². The van der Waals surface area contributed by atoms with Gasteiger partial charge in [-0.15, -0.1) is 5.10 Å². The molecule has 0 fully saturated rings. The minimum Gasteiger partial charge on any atom is -0.469 e. The lowest BCUT2D eigenvalue weighted by atomic mass is 10.3. The van der Waals surface area contributed by atoms with Crippen LogP contribution in [0.1, 0.15) is 26.2 Å². The topological polar surface area (TPSA) is 81.9 Å². The number of hydrogen-bond donors (Lipinski definition) is 1. The SMILES string of the molecule is CCCNCCn1nnnc1SCCCC(=O)OC. The predicted molar refractivity (Wildman–Crippen MR) is 73.0 cm³/mol. The minimum atomic E-state index is -0.177. The number of carbonyl (C=O) groups excluding carboxylic acids is 1. The molecule has 0 aliphatic carbocycles. The van der Waals surface area contributed by atoms with Crippen LogP contribution in [0.2, 0.25) is 0 Å². The number of ether oxygens (including phenoxy) is 1. The number of tetrazole rings is 1. The normalized spacial score (nSPS) is 10.6. The molecule has 1 heterocycles. The molecule has 0 saturated heterocycles. The van der Waals surface area contributed by atoms with Crippen molar-refractivity contribution in [2.24, 2.45) is 0 Å². The van der Waals surface area contributed by atoms with Crippen LogP contribution in [-0.4, -0.2) is 52.1 Å². The van der Waals surface area contributed by atoms with E-state index >= 15 is 0 Å². The Morgan fingerprint density at radius 3 is 3.05 bits per heavy atom. The number of aromatic nitrogens is 4. The van der Waals surface area contributed by atoms with E-state index in [1.165, 1.54) is 7.11 Å². The molecule has 0 saturated carbocycles. The molecule has 1 aromatic heterocycles. The van der Waals surface area contributed by atoms with Gasteiger partial charge in [0.05, 0.1) is 13.7 Å². The molecule has 8 heteroatoms. The molecule has 7 nitrogen and oxygen atoms in total. The van der Waals surface area contributed by atoms with E-state index in [0.717, 1.165) is 43.4 Å². The van der Waals surface area contributed by atoms with Crippen molar-refractivity contribution in [3.63, 3.8) is 0 Å². The molecule has 0 radical (unpaired) electrons. The van der Waals surface area contributed by atoms with Crippen LogP contribution in [0.4, 0.5) is 0 Å². The number of carbonyl (C=O) groups is 1. The zero-order valence-corrected chi connectivity index (χ0v) is 12.3. The first-order valence-corrected chi connectivity index (χ1v) is 7.43. The first-order valence-electron chi connectivity index (χ1n) is 6.44. The monoisotopic (exact) mass is 287 g/mol. The Kier molecular flexibility index (Phi) is 8.15. The third-order valence-corrected chi connectivity index (χ3v) is 3.45. The number of nitrogens with zero attached hydrogens (tertiary/aromatic N) is 4. The van der Waals surface area contributed by atoms with Crippen LogP contribution in [0.5, 0.6) is 0 Å². The van der Waals surface area contributed by atoms with Gasteiger partial charge in [-0.2, -0.15) is 0 Å². The largest absolute Gasteiger partial charge is 0.469 e. The van der Waals surface area contributed by atoms with Gasteiger partial charge in [0.25, 0.3) is 0 Å². The number of esters is 1. The number of thioether (sulfide) groups is 1. The van der Waals surface area contributed by atoms with E-state index in [0.29, 0.717) is 6.42 Å². The molecule has 1 rings (SSSR count). The molecule has 19 heavy (non-hydrogen) atoms. The molecule has 0 aromatic carbocycles. The maximum absolute atomic E-state index is 11.0. The zero-order chi connectivity index (χ0) is 13.9. The fourth-order valence-electron chi connectivity index (χ4n) is 1.41. The lowest BCUT2D eigenvalue weighted by Gasteiger charge is -2.05. The number of hydrogen-bond acceptors (Lipinski definition) is 7. The van der Waals surface area contributed by atoms with Gasteiger partial charge in [0.2, 0.25) is 5.16 Å². The summed E-state index contributed by atoms with van der Waals surface area (Å²) in [5.74, 6) is 0.627. The second-order valence-electron chi connectivity index (χ2n) is 3.96. The summed E-state index contributed by atoms with van der Waals surface area (Å²) in [7, 11) is 1.40. The zero-order valence-electron chi connectivity index (χ0n) is 11.5. The van der Waals surface area contributed by atoms with Crippen molar-refractivity contribution in [2.45, 2.75) is 37.9 Å². The third-order valence-electron chi connectivity index (χ3n) is 2.41. The third kappa shape index (κ3) is 6.53. The standard InChI is InChI=1S/C11H21N5O2S/c1-3-6-12-7-8-16-11(13-14-15-16)19-9-4-5-10(17)18-2/h12H,3-9H2,1-2H3. The van der Waals surface area contributed by atoms with Gasteiger partial charge < -0.3 is 10.1 Å². The van der Waals surface area contributed by atoms with Crippen LogP contribution in [0.25, 0.3) is 0 Å². The number of rotatable bonds is 10. The molecule has 0 spiro atoms. The van der Waals surface area contributed by atoms with E-state index < -0.39 is 0 Å². The highest BCUT2D eigenvalue weighted by Gasteiger charge is 2.07. The Morgan fingerprint density at radius 2 is 2.32 bits per heavy atom. The average molecular weight is 287 g/mol. The predicted octanol–water partition coefficient (Wildman–Crippen LogP) is 0.718. The van der Waals surface area contributed by atoms with Gasteiger partial charge >= 0.3 is 5.97 Å². The summed E-state index contributed by atoms with van der Waals surface area (Å²) in [4.78, 5) is 11.0. The molecule has 0 aliphatic rings. The Balaban J connectivity index is 2.22. The molecule has 0 unspecified atom stereocenters. The molecular formula is C11H21N5O2S. The summed E-state index contributed by atoms with van der Waals surface area (Å²) in [5, 5.41) is 15.7. The molecule has 108 valence electrons. The molecule has 0 amide bonds. The maximum Gasteiger partial charge on any atom is 0.305 e. The van der Waals surface area contributed by atoms with Crippen LogP contribution in [0.3, 0.4) is 0 Å². The van der Waals surface area contributed by atoms with E-state index in [1.54, 1.807) is 16.4 Å². The van der Waals surface area contributed by atoms with Gasteiger partial charge in [0, 0.05) is 18.7 Å². The van der Waals surface area contributed by atoms with Crippen LogP contribution in [0, 0.1) is 0 Å². The van der Waals surface area contributed by atoms with Crippen LogP contribution in [0.15, 0.2) is 5.16 Å². The van der Waals surface area contributed by atoms with Crippen molar-refractivity contribution in [2.75, 3.05) is 26.0 Å². The first-order chi connectivity index (χ1) is 9.27. The summed E-state index contributed by atoms with van der Waals surface area (Å²) in [5.41, 5.74) is 0. The summed E-state index contributed by atoms with van der Waals surface area (Å²) >= 11 is 1.56. The quantitative estimate of drug-likeness (QED) is 0.386. The fourth-order valence-corrected chi connectivity index (χ4v) is 2.25. The van der Waals surface area contributed by atoms with Crippen LogP contribution >= 0.6 is 11.8 Å². The molecule has 0 aliphatic heterocycles. The summed E-state index contributed by atoms with van der Waals surface area (Å²) in [6.45, 7) is 4.75. The van der Waals surface area contributed by atoms with E-state index in [9.17, 15) is 4.79 Å². The van der Waals surface area contributed by atoms with E-state index in [1.807, 2.05) is 0 Å². The van der Waals surface area contributed by atoms with Crippen molar-refractivity contribution >= 4 is 17.7 Å². The minimum absolute atomic E-state index is 0.177. The van der Waals surface area contributed by atoms with E-state index in [2.05, 4.69) is 32.5 Å². The van der Waals surface area contributed by atoms with Gasteiger partial charge in [-0.3, -0.25) is 4.79 Å². The summed E-state index contributed by atoms with van der Waals surface area (Å²) < 4.78 is 6.37. The number of methoxy groups -OCH3 is 1. The van der Waals surface area contributed by atoms with Gasteiger partial charge in [0.15, 0.2) is 0 Å². The Labute approximate surface area is 117 Å². The first kappa shape index (κ1) is 15.9. The molecule has 1 aromatic rings. The van der Waals surface area contributed by atoms with Gasteiger partial charge in [0.1, 0.15) is 0 Å². The van der Waals surface area contributed by atoms with Crippen molar-refractivity contribution in [1.82, 2.24) is 25.5 Å². The Morgan fingerprint density at radius 1 is 1.47 bits per heavy atom. The molecular weight excluding hydrogens is 266 g/mol.